The summed E-state index contributed by atoms with van der Waals surface area (Å²) >= 11 is 0. The lowest BCUT2D eigenvalue weighted by atomic mass is 9.83. The van der Waals surface area contributed by atoms with Crippen LogP contribution in [0.4, 0.5) is 0 Å². The first-order chi connectivity index (χ1) is 10.1. The smallest absolute Gasteiger partial charge is 0.206 e. The molecule has 0 bridgehead atoms. The minimum absolute atomic E-state index is 0.344. The molecule has 0 saturated carbocycles. The Kier molecular flexibility index (Phi) is 3.83. The van der Waals surface area contributed by atoms with Gasteiger partial charge in [0.25, 0.3) is 0 Å². The Hall–Kier alpha value is -1.65. The highest BCUT2D eigenvalue weighted by atomic mass is 32.2. The van der Waals surface area contributed by atoms with E-state index < -0.39 is 9.84 Å². The van der Waals surface area contributed by atoms with Crippen LogP contribution in [0.2, 0.25) is 0 Å². The van der Waals surface area contributed by atoms with Gasteiger partial charge in [0.2, 0.25) is 9.84 Å². The van der Waals surface area contributed by atoms with Crippen molar-refractivity contribution in [1.82, 2.24) is 0 Å². The molecule has 21 heavy (non-hydrogen) atoms. The summed E-state index contributed by atoms with van der Waals surface area (Å²) in [5, 5.41) is 0. The van der Waals surface area contributed by atoms with Crippen LogP contribution in [0.1, 0.15) is 29.9 Å². The summed E-state index contributed by atoms with van der Waals surface area (Å²) in [6.07, 6.45) is 3.10. The summed E-state index contributed by atoms with van der Waals surface area (Å²) in [6, 6.07) is 14.1. The fourth-order valence-corrected chi connectivity index (χ4v) is 4.37. The van der Waals surface area contributed by atoms with E-state index in [1.807, 2.05) is 18.2 Å². The second-order valence-electron chi connectivity index (χ2n) is 5.50. The van der Waals surface area contributed by atoms with E-state index in [4.69, 9.17) is 5.73 Å². The van der Waals surface area contributed by atoms with Crippen molar-refractivity contribution < 1.29 is 8.42 Å². The van der Waals surface area contributed by atoms with Crippen LogP contribution in [0, 0.1) is 0 Å². The summed E-state index contributed by atoms with van der Waals surface area (Å²) in [5.74, 6) is 0.363. The van der Waals surface area contributed by atoms with Crippen molar-refractivity contribution in [3.8, 4) is 0 Å². The molecule has 2 N–H and O–H groups in total. The van der Waals surface area contributed by atoms with Crippen LogP contribution in [0.3, 0.4) is 0 Å². The molecule has 0 aromatic heterocycles. The van der Waals surface area contributed by atoms with Crippen LogP contribution in [0.5, 0.6) is 0 Å². The molecular formula is C17H19NO2S. The lowest BCUT2D eigenvalue weighted by molar-refractivity contribution is 0.558. The largest absolute Gasteiger partial charge is 0.330 e. The maximum Gasteiger partial charge on any atom is 0.206 e. The van der Waals surface area contributed by atoms with Gasteiger partial charge in [-0.1, -0.05) is 24.3 Å². The quantitative estimate of drug-likeness (QED) is 0.948. The molecule has 0 aliphatic heterocycles. The number of benzene rings is 2. The van der Waals surface area contributed by atoms with Crippen molar-refractivity contribution in [1.29, 1.82) is 0 Å². The van der Waals surface area contributed by atoms with E-state index in [2.05, 4.69) is 0 Å². The minimum Gasteiger partial charge on any atom is -0.330 e. The first-order valence-electron chi connectivity index (χ1n) is 7.26. The molecule has 1 aliphatic carbocycles. The number of hydrogen-bond acceptors (Lipinski definition) is 3. The monoisotopic (exact) mass is 301 g/mol. The van der Waals surface area contributed by atoms with Gasteiger partial charge in [-0.2, -0.15) is 0 Å². The van der Waals surface area contributed by atoms with Gasteiger partial charge in [-0.3, -0.25) is 0 Å². The van der Waals surface area contributed by atoms with Crippen LogP contribution < -0.4 is 5.73 Å². The van der Waals surface area contributed by atoms with Gasteiger partial charge in [0, 0.05) is 0 Å². The van der Waals surface area contributed by atoms with Crippen LogP contribution in [-0.4, -0.2) is 15.0 Å². The Morgan fingerprint density at radius 3 is 2.52 bits per heavy atom. The number of fused-ring (bicyclic) bond motifs is 1. The standard InChI is InChI=1S/C17H19NO2S/c18-12-14-6-4-5-13-11-16(9-10-17(13)14)21(19,20)15-7-2-1-3-8-15/h1-3,7-11,14H,4-6,12,18H2/t14-/m0/s1. The Morgan fingerprint density at radius 2 is 1.81 bits per heavy atom. The summed E-state index contributed by atoms with van der Waals surface area (Å²) in [6.45, 7) is 0.623. The summed E-state index contributed by atoms with van der Waals surface area (Å²) < 4.78 is 25.3. The fourth-order valence-electron chi connectivity index (χ4n) is 3.04. The number of nitrogens with two attached hydrogens (primary N) is 1. The first-order valence-corrected chi connectivity index (χ1v) is 8.74. The van der Waals surface area contributed by atoms with Crippen LogP contribution in [0.15, 0.2) is 58.3 Å². The zero-order valence-corrected chi connectivity index (χ0v) is 12.6. The topological polar surface area (TPSA) is 60.2 Å². The second-order valence-corrected chi connectivity index (χ2v) is 7.45. The van der Waals surface area contributed by atoms with Crippen molar-refractivity contribution in [3.05, 3.63) is 59.7 Å². The normalized spacial score (nSPS) is 18.2. The number of rotatable bonds is 3. The highest BCUT2D eigenvalue weighted by molar-refractivity contribution is 7.91. The molecule has 0 radical (unpaired) electrons. The minimum atomic E-state index is -3.43. The van der Waals surface area contributed by atoms with Crippen molar-refractivity contribution in [3.63, 3.8) is 0 Å². The number of aryl methyl sites for hydroxylation is 1. The van der Waals surface area contributed by atoms with Crippen molar-refractivity contribution >= 4 is 9.84 Å². The molecule has 1 aliphatic rings. The third kappa shape index (κ3) is 2.61. The Bertz CT molecular complexity index is 739. The van der Waals surface area contributed by atoms with E-state index >= 15 is 0 Å². The molecule has 0 saturated heterocycles. The summed E-state index contributed by atoms with van der Waals surface area (Å²) in [4.78, 5) is 0.723. The van der Waals surface area contributed by atoms with Crippen molar-refractivity contribution in [2.45, 2.75) is 35.0 Å². The third-order valence-corrected chi connectivity index (χ3v) is 5.97. The Morgan fingerprint density at radius 1 is 1.05 bits per heavy atom. The number of hydrogen-bond donors (Lipinski definition) is 1. The second kappa shape index (κ2) is 5.62. The molecule has 0 unspecified atom stereocenters. The predicted octanol–water partition coefficient (Wildman–Crippen LogP) is 2.90. The number of sulfone groups is 1. The van der Waals surface area contributed by atoms with Crippen LogP contribution in [-0.2, 0) is 16.3 Å². The van der Waals surface area contributed by atoms with E-state index in [1.165, 1.54) is 5.56 Å². The lowest BCUT2D eigenvalue weighted by Crippen LogP contribution is -2.18. The van der Waals surface area contributed by atoms with Gasteiger partial charge in [0.1, 0.15) is 0 Å². The summed E-state index contributed by atoms with van der Waals surface area (Å²) in [7, 11) is -3.43. The van der Waals surface area contributed by atoms with E-state index in [0.717, 1.165) is 24.8 Å². The molecular weight excluding hydrogens is 282 g/mol. The summed E-state index contributed by atoms with van der Waals surface area (Å²) in [5.41, 5.74) is 8.17. The molecule has 0 fully saturated rings. The third-order valence-electron chi connectivity index (χ3n) is 4.20. The fraction of sp³-hybridized carbons (Fsp3) is 0.294. The Labute approximate surface area is 125 Å². The molecule has 2 aromatic rings. The van der Waals surface area contributed by atoms with Crippen LogP contribution >= 0.6 is 0 Å². The van der Waals surface area contributed by atoms with Gasteiger partial charge in [0.05, 0.1) is 9.79 Å². The van der Waals surface area contributed by atoms with Gasteiger partial charge < -0.3 is 5.73 Å². The predicted molar refractivity (Wildman–Crippen MR) is 83.1 cm³/mol. The van der Waals surface area contributed by atoms with E-state index in [9.17, 15) is 8.42 Å². The molecule has 0 amide bonds. The highest BCUT2D eigenvalue weighted by Gasteiger charge is 2.23. The van der Waals surface area contributed by atoms with E-state index in [0.29, 0.717) is 22.3 Å². The molecule has 110 valence electrons. The lowest BCUT2D eigenvalue weighted by Gasteiger charge is -2.24. The zero-order valence-electron chi connectivity index (χ0n) is 11.8. The molecule has 3 nitrogen and oxygen atoms in total. The van der Waals surface area contributed by atoms with E-state index in [1.54, 1.807) is 30.3 Å². The SMILES string of the molecule is NC[C@@H]1CCCc2cc(S(=O)(=O)c3ccccc3)ccc21. The molecule has 4 heteroatoms. The maximum absolute atomic E-state index is 12.6. The highest BCUT2D eigenvalue weighted by Crippen LogP contribution is 2.33. The van der Waals surface area contributed by atoms with Gasteiger partial charge in [-0.15, -0.1) is 0 Å². The first kappa shape index (κ1) is 14.3. The molecule has 3 rings (SSSR count). The van der Waals surface area contributed by atoms with Gasteiger partial charge >= 0.3 is 0 Å². The molecule has 2 aromatic carbocycles. The van der Waals surface area contributed by atoms with Crippen LogP contribution in [0.25, 0.3) is 0 Å². The average molecular weight is 301 g/mol. The zero-order chi connectivity index (χ0) is 14.9. The average Bonchev–Trinajstić information content (AvgIpc) is 2.54. The molecule has 0 spiro atoms. The van der Waals surface area contributed by atoms with Gasteiger partial charge in [-0.25, -0.2) is 8.42 Å². The van der Waals surface area contributed by atoms with Gasteiger partial charge in [-0.05, 0) is 67.1 Å². The van der Waals surface area contributed by atoms with Crippen molar-refractivity contribution in [2.24, 2.45) is 5.73 Å². The van der Waals surface area contributed by atoms with Gasteiger partial charge in [0.15, 0.2) is 0 Å². The van der Waals surface area contributed by atoms with E-state index in [-0.39, 0.29) is 0 Å². The molecule has 0 heterocycles. The molecule has 1 atom stereocenters. The maximum atomic E-state index is 12.6. The Balaban J connectivity index is 2.05. The van der Waals surface area contributed by atoms with Crippen molar-refractivity contribution in [2.75, 3.05) is 6.54 Å².